The van der Waals surface area contributed by atoms with Crippen molar-refractivity contribution in [3.05, 3.63) is 87.2 Å². The van der Waals surface area contributed by atoms with Crippen LogP contribution in [0.5, 0.6) is 0 Å². The van der Waals surface area contributed by atoms with Crippen LogP contribution in [0.3, 0.4) is 0 Å². The Balaban J connectivity index is 1.73. The minimum Gasteiger partial charge on any atom is -0.457 e. The Bertz CT molecular complexity index is 1340. The molecular weight excluding hydrogens is 426 g/mol. The number of benzene rings is 2. The highest BCUT2D eigenvalue weighted by atomic mass is 16.6. The number of nitro groups is 1. The maximum atomic E-state index is 13.0. The third kappa shape index (κ3) is 3.80. The Kier molecular flexibility index (Phi) is 5.39. The number of aryl methyl sites for hydroxylation is 1. The lowest BCUT2D eigenvalue weighted by molar-refractivity contribution is -0.385. The van der Waals surface area contributed by atoms with Crippen LogP contribution in [-0.4, -0.2) is 34.7 Å². The predicted molar refractivity (Wildman–Crippen MR) is 120 cm³/mol. The van der Waals surface area contributed by atoms with Crippen molar-refractivity contribution in [2.75, 3.05) is 11.9 Å². The number of urea groups is 1. The van der Waals surface area contributed by atoms with E-state index in [1.807, 2.05) is 0 Å². The molecule has 1 aromatic heterocycles. The predicted octanol–water partition coefficient (Wildman–Crippen LogP) is 4.48. The molecule has 0 N–H and O–H groups in total. The molecule has 4 amide bonds. The van der Waals surface area contributed by atoms with E-state index >= 15 is 0 Å². The fourth-order valence-electron chi connectivity index (χ4n) is 3.55. The lowest BCUT2D eigenvalue weighted by atomic mass is 10.0. The first-order chi connectivity index (χ1) is 15.7. The van der Waals surface area contributed by atoms with Crippen LogP contribution in [0.15, 0.2) is 64.6 Å². The largest absolute Gasteiger partial charge is 0.457 e. The molecule has 4 rings (SSSR count). The number of anilines is 1. The standard InChI is InChI=1S/C24H19N3O6/c1-14-11-16(12-20(15(14)2)27(31)32)21-10-9-18(33-21)13-19-22(28)25(3)24(30)26(23(19)29)17-7-5-4-6-8-17/h4-13H,1-3H3/b19-13+. The molecule has 1 fully saturated rings. The maximum Gasteiger partial charge on any atom is 0.338 e. The van der Waals surface area contributed by atoms with Crippen LogP contribution in [0.1, 0.15) is 16.9 Å². The number of hydrogen-bond donors (Lipinski definition) is 0. The zero-order valence-electron chi connectivity index (χ0n) is 18.1. The average Bonchev–Trinajstić information content (AvgIpc) is 3.26. The highest BCUT2D eigenvalue weighted by molar-refractivity contribution is 6.38. The molecule has 1 aliphatic heterocycles. The molecule has 0 radical (unpaired) electrons. The molecule has 2 heterocycles. The summed E-state index contributed by atoms with van der Waals surface area (Å²) in [4.78, 5) is 51.0. The summed E-state index contributed by atoms with van der Waals surface area (Å²) in [5.41, 5.74) is 1.84. The summed E-state index contributed by atoms with van der Waals surface area (Å²) in [5.74, 6) is -0.988. The second-order valence-corrected chi connectivity index (χ2v) is 7.58. The molecule has 0 saturated carbocycles. The van der Waals surface area contributed by atoms with Gasteiger partial charge in [-0.3, -0.25) is 24.6 Å². The summed E-state index contributed by atoms with van der Waals surface area (Å²) in [6.07, 6.45) is 1.27. The summed E-state index contributed by atoms with van der Waals surface area (Å²) >= 11 is 0. The van der Waals surface area contributed by atoms with Crippen molar-refractivity contribution in [2.45, 2.75) is 13.8 Å². The van der Waals surface area contributed by atoms with Gasteiger partial charge < -0.3 is 4.42 Å². The molecule has 1 aliphatic rings. The summed E-state index contributed by atoms with van der Waals surface area (Å²) in [5, 5.41) is 11.4. The van der Waals surface area contributed by atoms with E-state index in [2.05, 4.69) is 0 Å². The molecule has 0 bridgehead atoms. The topological polar surface area (TPSA) is 114 Å². The number of carbonyl (C=O) groups is 3. The van der Waals surface area contributed by atoms with E-state index in [0.717, 1.165) is 15.4 Å². The monoisotopic (exact) mass is 445 g/mol. The molecule has 0 atom stereocenters. The van der Waals surface area contributed by atoms with Crippen molar-refractivity contribution < 1.29 is 23.7 Å². The molecule has 9 nitrogen and oxygen atoms in total. The Morgan fingerprint density at radius 3 is 2.33 bits per heavy atom. The molecule has 0 spiro atoms. The number of nitro benzene ring substituents is 1. The minimum absolute atomic E-state index is 0.0300. The number of imide groups is 2. The van der Waals surface area contributed by atoms with E-state index in [1.54, 1.807) is 62.4 Å². The fraction of sp³-hybridized carbons (Fsp3) is 0.125. The highest BCUT2D eigenvalue weighted by Gasteiger charge is 2.41. The second-order valence-electron chi connectivity index (χ2n) is 7.58. The SMILES string of the molecule is Cc1cc(-c2ccc(/C=C3\C(=O)N(C)C(=O)N(c4ccccc4)C3=O)o2)cc([N+](=O)[O-])c1C. The van der Waals surface area contributed by atoms with Gasteiger partial charge in [0.1, 0.15) is 17.1 Å². The van der Waals surface area contributed by atoms with Crippen LogP contribution in [0.25, 0.3) is 17.4 Å². The van der Waals surface area contributed by atoms with E-state index in [0.29, 0.717) is 22.6 Å². The van der Waals surface area contributed by atoms with E-state index in [4.69, 9.17) is 4.42 Å². The number of furan rings is 1. The van der Waals surface area contributed by atoms with Gasteiger partial charge in [0.05, 0.1) is 10.6 Å². The van der Waals surface area contributed by atoms with Gasteiger partial charge in [0.2, 0.25) is 0 Å². The highest BCUT2D eigenvalue weighted by Crippen LogP contribution is 2.32. The number of amides is 4. The van der Waals surface area contributed by atoms with Crippen LogP contribution >= 0.6 is 0 Å². The summed E-state index contributed by atoms with van der Waals surface area (Å²) in [7, 11) is 1.29. The van der Waals surface area contributed by atoms with Gasteiger partial charge >= 0.3 is 6.03 Å². The quantitative estimate of drug-likeness (QED) is 0.253. The van der Waals surface area contributed by atoms with Crippen LogP contribution in [0.4, 0.5) is 16.2 Å². The molecule has 1 saturated heterocycles. The molecule has 166 valence electrons. The summed E-state index contributed by atoms with van der Waals surface area (Å²) in [6, 6.07) is 13.9. The fourth-order valence-corrected chi connectivity index (χ4v) is 3.55. The van der Waals surface area contributed by atoms with Crippen molar-refractivity contribution in [1.82, 2.24) is 4.90 Å². The Hall–Kier alpha value is -4.53. The number of nitrogens with zero attached hydrogens (tertiary/aromatic N) is 3. The minimum atomic E-state index is -0.769. The zero-order chi connectivity index (χ0) is 23.9. The maximum absolute atomic E-state index is 13.0. The van der Waals surface area contributed by atoms with Gasteiger partial charge in [0.15, 0.2) is 0 Å². The molecule has 9 heteroatoms. The summed E-state index contributed by atoms with van der Waals surface area (Å²) < 4.78 is 5.78. The van der Waals surface area contributed by atoms with Gasteiger partial charge in [-0.15, -0.1) is 0 Å². The van der Waals surface area contributed by atoms with Crippen LogP contribution < -0.4 is 4.90 Å². The molecule has 33 heavy (non-hydrogen) atoms. The van der Waals surface area contributed by atoms with E-state index in [9.17, 15) is 24.5 Å². The van der Waals surface area contributed by atoms with Crippen LogP contribution in [0.2, 0.25) is 0 Å². The molecule has 0 aliphatic carbocycles. The van der Waals surface area contributed by atoms with Gasteiger partial charge in [-0.1, -0.05) is 18.2 Å². The van der Waals surface area contributed by atoms with Crippen LogP contribution in [0, 0.1) is 24.0 Å². The van der Waals surface area contributed by atoms with Gasteiger partial charge in [0.25, 0.3) is 17.5 Å². The molecule has 3 aromatic rings. The van der Waals surface area contributed by atoms with Crippen molar-refractivity contribution in [2.24, 2.45) is 0 Å². The molecule has 2 aromatic carbocycles. The normalized spacial score (nSPS) is 15.5. The number of carbonyl (C=O) groups excluding carboxylic acids is 3. The van der Waals surface area contributed by atoms with E-state index < -0.39 is 22.8 Å². The van der Waals surface area contributed by atoms with E-state index in [1.165, 1.54) is 19.2 Å². The lowest BCUT2D eigenvalue weighted by Crippen LogP contribution is -2.55. The Labute approximate surface area is 188 Å². The third-order valence-electron chi connectivity index (χ3n) is 5.50. The van der Waals surface area contributed by atoms with Gasteiger partial charge in [-0.2, -0.15) is 0 Å². The Morgan fingerprint density at radius 2 is 1.67 bits per heavy atom. The first kappa shape index (κ1) is 21.7. The average molecular weight is 445 g/mol. The number of para-hydroxylation sites is 1. The molecular formula is C24H19N3O6. The number of likely N-dealkylation sites (N-methyl/N-ethyl adjacent to an activating group) is 1. The van der Waals surface area contributed by atoms with E-state index in [-0.39, 0.29) is 17.0 Å². The van der Waals surface area contributed by atoms with Crippen molar-refractivity contribution >= 4 is 35.3 Å². The number of barbiturate groups is 1. The van der Waals surface area contributed by atoms with Gasteiger partial charge in [-0.25, -0.2) is 9.69 Å². The van der Waals surface area contributed by atoms with Crippen molar-refractivity contribution in [3.8, 4) is 11.3 Å². The number of rotatable bonds is 4. The first-order valence-electron chi connectivity index (χ1n) is 9.98. The first-order valence-corrected chi connectivity index (χ1v) is 9.98. The zero-order valence-corrected chi connectivity index (χ0v) is 18.1. The van der Waals surface area contributed by atoms with Crippen LogP contribution in [-0.2, 0) is 9.59 Å². The summed E-state index contributed by atoms with van der Waals surface area (Å²) in [6.45, 7) is 3.44. The lowest BCUT2D eigenvalue weighted by Gasteiger charge is -2.31. The third-order valence-corrected chi connectivity index (χ3v) is 5.50. The Morgan fingerprint density at radius 1 is 0.970 bits per heavy atom. The van der Waals surface area contributed by atoms with Gasteiger partial charge in [0, 0.05) is 24.2 Å². The second kappa shape index (κ2) is 8.19. The van der Waals surface area contributed by atoms with Crippen molar-refractivity contribution in [1.29, 1.82) is 0 Å². The smallest absolute Gasteiger partial charge is 0.338 e. The number of hydrogen-bond acceptors (Lipinski definition) is 6. The van der Waals surface area contributed by atoms with Gasteiger partial charge in [-0.05, 0) is 55.8 Å². The van der Waals surface area contributed by atoms with Crippen molar-refractivity contribution in [3.63, 3.8) is 0 Å². The molecule has 0 unspecified atom stereocenters.